The molecule has 6 nitrogen and oxygen atoms in total. The summed E-state index contributed by atoms with van der Waals surface area (Å²) in [4.78, 5) is 8.68. The van der Waals surface area contributed by atoms with Crippen LogP contribution in [0.3, 0.4) is 0 Å². The summed E-state index contributed by atoms with van der Waals surface area (Å²) >= 11 is 5.95. The molecular formula is C21H27ClN4O2. The fraction of sp³-hybridized carbons (Fsp3) is 0.381. The molecule has 3 N–H and O–H groups in total. The van der Waals surface area contributed by atoms with Crippen molar-refractivity contribution in [2.45, 2.75) is 12.7 Å². The van der Waals surface area contributed by atoms with E-state index in [2.05, 4.69) is 9.89 Å². The van der Waals surface area contributed by atoms with Gasteiger partial charge in [-0.25, -0.2) is 0 Å². The van der Waals surface area contributed by atoms with E-state index in [9.17, 15) is 5.11 Å². The number of nitrogens with zero attached hydrogens (tertiary/aromatic N) is 3. The molecule has 1 saturated heterocycles. The highest BCUT2D eigenvalue weighted by Crippen LogP contribution is 2.19. The van der Waals surface area contributed by atoms with Crippen LogP contribution < -0.4 is 10.6 Å². The lowest BCUT2D eigenvalue weighted by molar-refractivity contribution is 0.0330. The highest BCUT2D eigenvalue weighted by molar-refractivity contribution is 6.30. The zero-order valence-corrected chi connectivity index (χ0v) is 16.6. The molecule has 0 bridgehead atoms. The molecule has 1 aliphatic rings. The first-order valence-electron chi connectivity index (χ1n) is 9.47. The summed E-state index contributed by atoms with van der Waals surface area (Å²) < 4.78 is 5.54. The van der Waals surface area contributed by atoms with E-state index in [1.165, 1.54) is 0 Å². The van der Waals surface area contributed by atoms with Gasteiger partial charge in [-0.2, -0.15) is 0 Å². The minimum absolute atomic E-state index is 0.232. The molecule has 0 amide bonds. The Morgan fingerprint density at radius 3 is 2.43 bits per heavy atom. The number of nitrogens with two attached hydrogens (primary N) is 1. The van der Waals surface area contributed by atoms with Crippen LogP contribution in [0.2, 0.25) is 5.02 Å². The molecule has 0 spiro atoms. The van der Waals surface area contributed by atoms with E-state index in [0.717, 1.165) is 42.5 Å². The van der Waals surface area contributed by atoms with Gasteiger partial charge in [0.2, 0.25) is 0 Å². The number of anilines is 1. The molecule has 28 heavy (non-hydrogen) atoms. The maximum Gasteiger partial charge on any atom is 0.191 e. The lowest BCUT2D eigenvalue weighted by Crippen LogP contribution is -2.51. The van der Waals surface area contributed by atoms with Gasteiger partial charge in [0.15, 0.2) is 5.96 Å². The van der Waals surface area contributed by atoms with Crippen LogP contribution in [0.25, 0.3) is 0 Å². The van der Waals surface area contributed by atoms with Crippen molar-refractivity contribution in [3.63, 3.8) is 0 Å². The molecule has 0 aliphatic carbocycles. The van der Waals surface area contributed by atoms with Crippen LogP contribution in [0.4, 0.5) is 5.69 Å². The van der Waals surface area contributed by atoms with Gasteiger partial charge in [-0.15, -0.1) is 0 Å². The van der Waals surface area contributed by atoms with Gasteiger partial charge in [0.25, 0.3) is 0 Å². The summed E-state index contributed by atoms with van der Waals surface area (Å²) in [6, 6.07) is 17.7. The Kier molecular flexibility index (Phi) is 7.54. The average molecular weight is 403 g/mol. The molecule has 0 saturated carbocycles. The molecule has 1 heterocycles. The number of rotatable bonds is 7. The monoisotopic (exact) mass is 402 g/mol. The predicted octanol–water partition coefficient (Wildman–Crippen LogP) is 2.35. The Hall–Kier alpha value is -2.28. The second kappa shape index (κ2) is 10.3. The molecular weight excluding hydrogens is 376 g/mol. The number of aliphatic imine (C=N–C) groups is 1. The van der Waals surface area contributed by atoms with E-state index in [1.807, 2.05) is 59.5 Å². The van der Waals surface area contributed by atoms with Gasteiger partial charge in [-0.3, -0.25) is 4.99 Å². The van der Waals surface area contributed by atoms with Crippen LogP contribution >= 0.6 is 11.6 Å². The van der Waals surface area contributed by atoms with Crippen molar-refractivity contribution in [3.8, 4) is 0 Å². The number of piperazine rings is 1. The highest BCUT2D eigenvalue weighted by Gasteiger charge is 2.18. The zero-order chi connectivity index (χ0) is 19.8. The number of halogens is 1. The van der Waals surface area contributed by atoms with Crippen molar-refractivity contribution < 1.29 is 9.84 Å². The van der Waals surface area contributed by atoms with Crippen molar-refractivity contribution in [3.05, 3.63) is 65.2 Å². The summed E-state index contributed by atoms with van der Waals surface area (Å²) in [7, 11) is 0. The minimum Gasteiger partial charge on any atom is -0.389 e. The molecule has 1 aliphatic heterocycles. The quantitative estimate of drug-likeness (QED) is 0.549. The van der Waals surface area contributed by atoms with Gasteiger partial charge in [-0.05, 0) is 29.8 Å². The van der Waals surface area contributed by atoms with Crippen LogP contribution in [-0.4, -0.2) is 61.4 Å². The number of ether oxygens (including phenoxy) is 1. The fourth-order valence-corrected chi connectivity index (χ4v) is 3.21. The van der Waals surface area contributed by atoms with Gasteiger partial charge < -0.3 is 25.4 Å². The summed E-state index contributed by atoms with van der Waals surface area (Å²) in [6.07, 6.45) is -0.669. The van der Waals surface area contributed by atoms with Crippen LogP contribution in [0.15, 0.2) is 59.6 Å². The normalized spacial score (nSPS) is 16.3. The SMILES string of the molecule is NC(=NCC(O)COCc1ccccc1)N1CCN(c2ccc(Cl)cc2)CC1. The van der Waals surface area contributed by atoms with Gasteiger partial charge in [-0.1, -0.05) is 41.9 Å². The Balaban J connectivity index is 1.38. The summed E-state index contributed by atoms with van der Waals surface area (Å²) in [5.74, 6) is 0.470. The Morgan fingerprint density at radius 2 is 1.75 bits per heavy atom. The predicted molar refractivity (Wildman–Crippen MR) is 114 cm³/mol. The lowest BCUT2D eigenvalue weighted by atomic mass is 10.2. The molecule has 3 rings (SSSR count). The molecule has 1 unspecified atom stereocenters. The van der Waals surface area contributed by atoms with Crippen molar-refractivity contribution in [1.29, 1.82) is 0 Å². The highest BCUT2D eigenvalue weighted by atomic mass is 35.5. The van der Waals surface area contributed by atoms with Crippen LogP contribution in [0, 0.1) is 0 Å². The topological polar surface area (TPSA) is 74.3 Å². The van der Waals surface area contributed by atoms with E-state index in [-0.39, 0.29) is 13.2 Å². The number of hydrogen-bond donors (Lipinski definition) is 2. The molecule has 2 aromatic rings. The van der Waals surface area contributed by atoms with Crippen LogP contribution in [0.5, 0.6) is 0 Å². The van der Waals surface area contributed by atoms with Crippen LogP contribution in [-0.2, 0) is 11.3 Å². The maximum absolute atomic E-state index is 10.1. The summed E-state index contributed by atoms with van der Waals surface area (Å²) in [6.45, 7) is 4.25. The first kappa shape index (κ1) is 20.5. The molecule has 150 valence electrons. The Labute approximate surface area is 171 Å². The lowest BCUT2D eigenvalue weighted by Gasteiger charge is -2.36. The minimum atomic E-state index is -0.669. The van der Waals surface area contributed by atoms with Gasteiger partial charge in [0.05, 0.1) is 25.9 Å². The first-order valence-corrected chi connectivity index (χ1v) is 9.85. The Morgan fingerprint density at radius 1 is 1.07 bits per heavy atom. The van der Waals surface area contributed by atoms with Gasteiger partial charge in [0, 0.05) is 36.9 Å². The second-order valence-electron chi connectivity index (χ2n) is 6.80. The molecule has 2 aromatic carbocycles. The van der Waals surface area contributed by atoms with Gasteiger partial charge >= 0.3 is 0 Å². The zero-order valence-electron chi connectivity index (χ0n) is 15.9. The number of hydrogen-bond acceptors (Lipinski definition) is 4. The van der Waals surface area contributed by atoms with Crippen molar-refractivity contribution in [2.24, 2.45) is 10.7 Å². The van der Waals surface area contributed by atoms with Gasteiger partial charge in [0.1, 0.15) is 0 Å². The molecule has 0 aromatic heterocycles. The molecule has 7 heteroatoms. The van der Waals surface area contributed by atoms with Crippen LogP contribution in [0.1, 0.15) is 5.56 Å². The number of aliphatic hydroxyl groups excluding tert-OH is 1. The summed E-state index contributed by atoms with van der Waals surface area (Å²) in [5.41, 5.74) is 8.35. The summed E-state index contributed by atoms with van der Waals surface area (Å²) in [5, 5.41) is 10.8. The van der Waals surface area contributed by atoms with Crippen molar-refractivity contribution in [2.75, 3.05) is 44.2 Å². The third-order valence-electron chi connectivity index (χ3n) is 4.68. The van der Waals surface area contributed by atoms with E-state index in [0.29, 0.717) is 12.6 Å². The average Bonchev–Trinajstić information content (AvgIpc) is 2.73. The van der Waals surface area contributed by atoms with E-state index in [4.69, 9.17) is 22.1 Å². The third-order valence-corrected chi connectivity index (χ3v) is 4.93. The largest absolute Gasteiger partial charge is 0.389 e. The molecule has 1 atom stereocenters. The van der Waals surface area contributed by atoms with Crippen molar-refractivity contribution in [1.82, 2.24) is 4.90 Å². The third kappa shape index (κ3) is 6.12. The maximum atomic E-state index is 10.1. The second-order valence-corrected chi connectivity index (χ2v) is 7.24. The number of benzene rings is 2. The van der Waals surface area contributed by atoms with E-state index >= 15 is 0 Å². The molecule has 0 radical (unpaired) electrons. The first-order chi connectivity index (χ1) is 13.6. The number of aliphatic hydroxyl groups is 1. The van der Waals surface area contributed by atoms with E-state index in [1.54, 1.807) is 0 Å². The fourth-order valence-electron chi connectivity index (χ4n) is 3.08. The Bertz CT molecular complexity index is 747. The van der Waals surface area contributed by atoms with Crippen molar-refractivity contribution >= 4 is 23.2 Å². The standard InChI is InChI=1S/C21H27ClN4O2/c22-18-6-8-19(9-7-18)25-10-12-26(13-11-25)21(23)24-14-20(27)16-28-15-17-4-2-1-3-5-17/h1-9,20,27H,10-16H2,(H2,23,24). The van der Waals surface area contributed by atoms with E-state index < -0.39 is 6.10 Å². The smallest absolute Gasteiger partial charge is 0.191 e. The molecule has 1 fully saturated rings. The number of guanidine groups is 1.